The van der Waals surface area contributed by atoms with Crippen molar-refractivity contribution >= 4 is 11.6 Å². The molecule has 1 aromatic carbocycles. The molecule has 4 heteroatoms. The highest BCUT2D eigenvalue weighted by Crippen LogP contribution is 2.23. The van der Waals surface area contributed by atoms with Crippen LogP contribution in [-0.2, 0) is 6.42 Å². The Morgan fingerprint density at radius 3 is 3.18 bits per heavy atom. The number of aliphatic hydroxyl groups excluding tert-OH is 1. The van der Waals surface area contributed by atoms with Crippen LogP contribution < -0.4 is 10.6 Å². The molecule has 0 bridgehead atoms. The SMILES string of the molecule is CC(O)CCNC(=O)c1ccc2c(c1)NCC2. The molecule has 1 aliphatic rings. The number of benzene rings is 1. The molecule has 0 saturated carbocycles. The molecule has 1 unspecified atom stereocenters. The second-order valence-electron chi connectivity index (χ2n) is 4.44. The average Bonchev–Trinajstić information content (AvgIpc) is 2.75. The first kappa shape index (κ1) is 11.9. The zero-order valence-electron chi connectivity index (χ0n) is 9.99. The molecule has 3 N–H and O–H groups in total. The molecule has 0 spiro atoms. The minimum absolute atomic E-state index is 0.0813. The van der Waals surface area contributed by atoms with E-state index in [0.717, 1.165) is 18.7 Å². The van der Waals surface area contributed by atoms with E-state index in [4.69, 9.17) is 5.11 Å². The van der Waals surface area contributed by atoms with Crippen LogP contribution in [0, 0.1) is 0 Å². The number of aliphatic hydroxyl groups is 1. The summed E-state index contributed by atoms with van der Waals surface area (Å²) in [5.74, 6) is -0.0813. The van der Waals surface area contributed by atoms with Crippen molar-refractivity contribution in [3.8, 4) is 0 Å². The Bertz CT molecular complexity index is 416. The van der Waals surface area contributed by atoms with E-state index in [9.17, 15) is 4.79 Å². The normalized spacial score (nSPS) is 14.9. The predicted octanol–water partition coefficient (Wildman–Crippen LogP) is 1.16. The Morgan fingerprint density at radius 1 is 1.59 bits per heavy atom. The van der Waals surface area contributed by atoms with E-state index in [-0.39, 0.29) is 12.0 Å². The van der Waals surface area contributed by atoms with Crippen LogP contribution in [0.2, 0.25) is 0 Å². The summed E-state index contributed by atoms with van der Waals surface area (Å²) < 4.78 is 0. The van der Waals surface area contributed by atoms with Crippen molar-refractivity contribution < 1.29 is 9.90 Å². The lowest BCUT2D eigenvalue weighted by Crippen LogP contribution is -2.26. The van der Waals surface area contributed by atoms with E-state index in [1.807, 2.05) is 18.2 Å². The van der Waals surface area contributed by atoms with Crippen LogP contribution in [0.5, 0.6) is 0 Å². The van der Waals surface area contributed by atoms with Crippen molar-refractivity contribution in [2.75, 3.05) is 18.4 Å². The van der Waals surface area contributed by atoms with Crippen LogP contribution in [0.25, 0.3) is 0 Å². The fourth-order valence-electron chi connectivity index (χ4n) is 1.93. The van der Waals surface area contributed by atoms with Crippen LogP contribution in [-0.4, -0.2) is 30.2 Å². The molecule has 1 heterocycles. The Labute approximate surface area is 101 Å². The molecule has 0 fully saturated rings. The number of fused-ring (bicyclic) bond motifs is 1. The van der Waals surface area contributed by atoms with Crippen LogP contribution in [0.4, 0.5) is 5.69 Å². The summed E-state index contributed by atoms with van der Waals surface area (Å²) in [5.41, 5.74) is 3.00. The molecule has 0 aliphatic carbocycles. The molecule has 0 saturated heterocycles. The van der Waals surface area contributed by atoms with Gasteiger partial charge < -0.3 is 15.7 Å². The number of anilines is 1. The van der Waals surface area contributed by atoms with Gasteiger partial charge in [0.05, 0.1) is 6.10 Å². The molecule has 0 aromatic heterocycles. The van der Waals surface area contributed by atoms with Gasteiger partial charge in [-0.25, -0.2) is 0 Å². The number of rotatable bonds is 4. The number of amides is 1. The lowest BCUT2D eigenvalue weighted by atomic mass is 10.1. The van der Waals surface area contributed by atoms with Crippen LogP contribution in [0.3, 0.4) is 0 Å². The lowest BCUT2D eigenvalue weighted by Gasteiger charge is -2.08. The number of carbonyl (C=O) groups excluding carboxylic acids is 1. The fraction of sp³-hybridized carbons (Fsp3) is 0.462. The Morgan fingerprint density at radius 2 is 2.41 bits per heavy atom. The van der Waals surface area contributed by atoms with Crippen LogP contribution in [0.1, 0.15) is 29.3 Å². The second-order valence-corrected chi connectivity index (χ2v) is 4.44. The van der Waals surface area contributed by atoms with Gasteiger partial charge in [-0.3, -0.25) is 4.79 Å². The highest BCUT2D eigenvalue weighted by Gasteiger charge is 2.13. The predicted molar refractivity (Wildman–Crippen MR) is 67.3 cm³/mol. The van der Waals surface area contributed by atoms with Gasteiger partial charge in [0.15, 0.2) is 0 Å². The summed E-state index contributed by atoms with van der Waals surface area (Å²) >= 11 is 0. The summed E-state index contributed by atoms with van der Waals surface area (Å²) in [6.45, 7) is 3.16. The number of carbonyl (C=O) groups is 1. The van der Waals surface area contributed by atoms with Crippen molar-refractivity contribution in [1.29, 1.82) is 0 Å². The molecule has 1 atom stereocenters. The minimum Gasteiger partial charge on any atom is -0.393 e. The van der Waals surface area contributed by atoms with E-state index in [1.54, 1.807) is 6.92 Å². The van der Waals surface area contributed by atoms with Crippen molar-refractivity contribution in [2.24, 2.45) is 0 Å². The second kappa shape index (κ2) is 5.19. The third-order valence-electron chi connectivity index (χ3n) is 2.93. The van der Waals surface area contributed by atoms with Crippen LogP contribution in [0.15, 0.2) is 18.2 Å². The standard InChI is InChI=1S/C13H18N2O2/c1-9(16)4-6-15-13(17)11-3-2-10-5-7-14-12(10)8-11/h2-3,8-9,14,16H,4-7H2,1H3,(H,15,17). The smallest absolute Gasteiger partial charge is 0.251 e. The molecule has 0 radical (unpaired) electrons. The van der Waals surface area contributed by atoms with Gasteiger partial charge in [-0.05, 0) is 37.5 Å². The number of hydrogen-bond donors (Lipinski definition) is 3. The first-order valence-electron chi connectivity index (χ1n) is 6.00. The lowest BCUT2D eigenvalue weighted by molar-refractivity contribution is 0.0945. The molecular formula is C13H18N2O2. The Kier molecular flexibility index (Phi) is 3.64. The molecule has 4 nitrogen and oxygen atoms in total. The molecule has 92 valence electrons. The summed E-state index contributed by atoms with van der Waals surface area (Å²) in [7, 11) is 0. The molecule has 2 rings (SSSR count). The van der Waals surface area contributed by atoms with E-state index in [2.05, 4.69) is 10.6 Å². The topological polar surface area (TPSA) is 61.4 Å². The first-order valence-corrected chi connectivity index (χ1v) is 6.00. The number of nitrogens with one attached hydrogen (secondary N) is 2. The largest absolute Gasteiger partial charge is 0.393 e. The van der Waals surface area contributed by atoms with Gasteiger partial charge >= 0.3 is 0 Å². The van der Waals surface area contributed by atoms with Gasteiger partial charge in [0, 0.05) is 24.3 Å². The third-order valence-corrected chi connectivity index (χ3v) is 2.93. The Hall–Kier alpha value is -1.55. The maximum atomic E-state index is 11.8. The highest BCUT2D eigenvalue weighted by molar-refractivity contribution is 5.95. The van der Waals surface area contributed by atoms with Crippen molar-refractivity contribution in [2.45, 2.75) is 25.9 Å². The maximum Gasteiger partial charge on any atom is 0.251 e. The van der Waals surface area contributed by atoms with Crippen molar-refractivity contribution in [1.82, 2.24) is 5.32 Å². The zero-order chi connectivity index (χ0) is 12.3. The van der Waals surface area contributed by atoms with E-state index in [1.165, 1.54) is 5.56 Å². The maximum absolute atomic E-state index is 11.8. The zero-order valence-corrected chi connectivity index (χ0v) is 9.99. The molecule has 1 aliphatic heterocycles. The van der Waals surface area contributed by atoms with E-state index in [0.29, 0.717) is 18.5 Å². The van der Waals surface area contributed by atoms with E-state index >= 15 is 0 Å². The molecule has 1 aromatic rings. The van der Waals surface area contributed by atoms with Gasteiger partial charge in [0.1, 0.15) is 0 Å². The van der Waals surface area contributed by atoms with Crippen LogP contribution >= 0.6 is 0 Å². The molecule has 17 heavy (non-hydrogen) atoms. The van der Waals surface area contributed by atoms with Gasteiger partial charge in [0.25, 0.3) is 5.91 Å². The number of hydrogen-bond acceptors (Lipinski definition) is 3. The van der Waals surface area contributed by atoms with Gasteiger partial charge in [-0.15, -0.1) is 0 Å². The first-order chi connectivity index (χ1) is 8.16. The van der Waals surface area contributed by atoms with Gasteiger partial charge in [-0.2, -0.15) is 0 Å². The Balaban J connectivity index is 1.95. The summed E-state index contributed by atoms with van der Waals surface area (Å²) in [5, 5.41) is 15.1. The molecule has 1 amide bonds. The van der Waals surface area contributed by atoms with Gasteiger partial charge in [0.2, 0.25) is 0 Å². The summed E-state index contributed by atoms with van der Waals surface area (Å²) in [4.78, 5) is 11.8. The van der Waals surface area contributed by atoms with E-state index < -0.39 is 0 Å². The summed E-state index contributed by atoms with van der Waals surface area (Å²) in [6.07, 6.45) is 1.23. The highest BCUT2D eigenvalue weighted by atomic mass is 16.3. The minimum atomic E-state index is -0.378. The molecular weight excluding hydrogens is 216 g/mol. The fourth-order valence-corrected chi connectivity index (χ4v) is 1.93. The monoisotopic (exact) mass is 234 g/mol. The third kappa shape index (κ3) is 2.97. The van der Waals surface area contributed by atoms with Crippen molar-refractivity contribution in [3.63, 3.8) is 0 Å². The quantitative estimate of drug-likeness (QED) is 0.732. The summed E-state index contributed by atoms with van der Waals surface area (Å²) in [6, 6.07) is 5.74. The van der Waals surface area contributed by atoms with Gasteiger partial charge in [-0.1, -0.05) is 6.07 Å². The average molecular weight is 234 g/mol. The van der Waals surface area contributed by atoms with Crippen molar-refractivity contribution in [3.05, 3.63) is 29.3 Å².